The average molecular weight is 313 g/mol. The molecule has 1 aromatic carbocycles. The quantitative estimate of drug-likeness (QED) is 0.512. The summed E-state index contributed by atoms with van der Waals surface area (Å²) in [6.45, 7) is 7.69. The highest BCUT2D eigenvalue weighted by Gasteiger charge is 2.26. The van der Waals surface area contributed by atoms with E-state index in [-0.39, 0.29) is 28.6 Å². The first kappa shape index (κ1) is 17.4. The summed E-state index contributed by atoms with van der Waals surface area (Å²) in [4.78, 5) is 22.7. The zero-order valence-corrected chi connectivity index (χ0v) is 13.5. The molecule has 21 heavy (non-hydrogen) atoms. The molecule has 0 fully saturated rings. The normalized spacial score (nSPS) is 12.8. The van der Waals surface area contributed by atoms with Crippen LogP contribution in [0.3, 0.4) is 0 Å². The van der Waals surface area contributed by atoms with E-state index < -0.39 is 4.92 Å². The van der Waals surface area contributed by atoms with E-state index in [1.807, 2.05) is 20.8 Å². The van der Waals surface area contributed by atoms with Crippen molar-refractivity contribution in [1.82, 2.24) is 5.32 Å². The number of nitro groups is 1. The van der Waals surface area contributed by atoms with E-state index in [0.29, 0.717) is 17.9 Å². The van der Waals surface area contributed by atoms with Crippen molar-refractivity contribution in [3.63, 3.8) is 0 Å². The number of nitro benzene ring substituents is 1. The van der Waals surface area contributed by atoms with Crippen LogP contribution in [0.4, 0.5) is 5.69 Å². The smallest absolute Gasteiger partial charge is 0.273 e. The average Bonchev–Trinajstić information content (AvgIpc) is 2.37. The molecule has 6 heteroatoms. The molecule has 1 aromatic rings. The third kappa shape index (κ3) is 4.70. The maximum atomic E-state index is 12.3. The number of carbonyl (C=O) groups excluding carboxylic acids is 1. The van der Waals surface area contributed by atoms with Crippen LogP contribution >= 0.6 is 11.6 Å². The molecule has 0 spiro atoms. The second-order valence-corrected chi connectivity index (χ2v) is 6.51. The second-order valence-electron chi connectivity index (χ2n) is 6.13. The van der Waals surface area contributed by atoms with E-state index in [0.717, 1.165) is 0 Å². The Kier molecular flexibility index (Phi) is 5.72. The lowest BCUT2D eigenvalue weighted by molar-refractivity contribution is -0.385. The second kappa shape index (κ2) is 6.89. The van der Waals surface area contributed by atoms with Gasteiger partial charge in [0.2, 0.25) is 0 Å². The fourth-order valence-electron chi connectivity index (χ4n) is 2.02. The van der Waals surface area contributed by atoms with Crippen LogP contribution in [0, 0.1) is 22.5 Å². The minimum absolute atomic E-state index is 0.0488. The minimum Gasteiger partial charge on any atom is -0.349 e. The van der Waals surface area contributed by atoms with Gasteiger partial charge in [0, 0.05) is 29.1 Å². The molecule has 1 atom stereocenters. The van der Waals surface area contributed by atoms with Gasteiger partial charge in [-0.25, -0.2) is 0 Å². The Morgan fingerprint density at radius 3 is 2.52 bits per heavy atom. The van der Waals surface area contributed by atoms with E-state index in [1.54, 1.807) is 19.1 Å². The molecule has 0 aliphatic rings. The molecule has 1 N–H and O–H groups in total. The van der Waals surface area contributed by atoms with Crippen LogP contribution < -0.4 is 5.32 Å². The van der Waals surface area contributed by atoms with Crippen LogP contribution in [-0.4, -0.2) is 22.8 Å². The molecule has 0 aromatic heterocycles. The first-order valence-corrected chi connectivity index (χ1v) is 7.32. The summed E-state index contributed by atoms with van der Waals surface area (Å²) < 4.78 is 0. The fourth-order valence-corrected chi connectivity index (χ4v) is 2.24. The summed E-state index contributed by atoms with van der Waals surface area (Å²) in [7, 11) is 0. The van der Waals surface area contributed by atoms with Crippen LogP contribution in [-0.2, 0) is 0 Å². The van der Waals surface area contributed by atoms with Gasteiger partial charge in [-0.15, -0.1) is 11.6 Å². The van der Waals surface area contributed by atoms with E-state index >= 15 is 0 Å². The highest BCUT2D eigenvalue weighted by Crippen LogP contribution is 2.24. The summed E-state index contributed by atoms with van der Waals surface area (Å²) in [6, 6.07) is 4.40. The van der Waals surface area contributed by atoms with Crippen molar-refractivity contribution in [2.24, 2.45) is 5.41 Å². The van der Waals surface area contributed by atoms with Crippen molar-refractivity contribution in [2.75, 3.05) is 5.88 Å². The highest BCUT2D eigenvalue weighted by molar-refractivity contribution is 6.17. The molecule has 1 unspecified atom stereocenters. The number of hydrogen-bond acceptors (Lipinski definition) is 3. The number of benzene rings is 1. The number of alkyl halides is 1. The Morgan fingerprint density at radius 2 is 2.05 bits per heavy atom. The lowest BCUT2D eigenvalue weighted by Gasteiger charge is -2.31. The third-order valence-electron chi connectivity index (χ3n) is 3.42. The van der Waals surface area contributed by atoms with Crippen LogP contribution in [0.2, 0.25) is 0 Å². The molecule has 0 aliphatic heterocycles. The Balaban J connectivity index is 2.98. The van der Waals surface area contributed by atoms with Gasteiger partial charge in [-0.05, 0) is 24.8 Å². The van der Waals surface area contributed by atoms with Gasteiger partial charge in [-0.2, -0.15) is 0 Å². The van der Waals surface area contributed by atoms with E-state index in [9.17, 15) is 14.9 Å². The Hall–Kier alpha value is -1.62. The predicted octanol–water partition coefficient (Wildman–Crippen LogP) is 3.68. The molecular formula is C15H21ClN2O3. The molecule has 0 saturated heterocycles. The molecule has 1 amide bonds. The van der Waals surface area contributed by atoms with Gasteiger partial charge in [-0.1, -0.05) is 26.8 Å². The molecule has 116 valence electrons. The number of rotatable bonds is 5. The standard InChI is InChI=1S/C15H21ClN2O3/c1-10-5-6-11(9-12(10)18(20)21)14(19)17-13(7-8-16)15(2,3)4/h5-6,9,13H,7-8H2,1-4H3,(H,17,19). The number of carbonyl (C=O) groups is 1. The molecule has 0 aliphatic carbocycles. The van der Waals surface area contributed by atoms with Gasteiger partial charge >= 0.3 is 0 Å². The largest absolute Gasteiger partial charge is 0.349 e. The molecular weight excluding hydrogens is 292 g/mol. The summed E-state index contributed by atoms with van der Waals surface area (Å²) in [5.74, 6) is 0.124. The van der Waals surface area contributed by atoms with Crippen LogP contribution in [0.15, 0.2) is 18.2 Å². The molecule has 0 bridgehead atoms. The van der Waals surface area contributed by atoms with E-state index in [4.69, 9.17) is 11.6 Å². The summed E-state index contributed by atoms with van der Waals surface area (Å²) >= 11 is 5.78. The lowest BCUT2D eigenvalue weighted by Crippen LogP contribution is -2.44. The van der Waals surface area contributed by atoms with Crippen molar-refractivity contribution >= 4 is 23.2 Å². The monoisotopic (exact) mass is 312 g/mol. The van der Waals surface area contributed by atoms with Gasteiger partial charge in [0.1, 0.15) is 0 Å². The van der Waals surface area contributed by atoms with Crippen LogP contribution in [0.5, 0.6) is 0 Å². The number of hydrogen-bond donors (Lipinski definition) is 1. The van der Waals surface area contributed by atoms with Crippen molar-refractivity contribution in [3.05, 3.63) is 39.4 Å². The Labute approximate surface area is 129 Å². The number of nitrogens with zero attached hydrogens (tertiary/aromatic N) is 1. The molecule has 1 rings (SSSR count). The Morgan fingerprint density at radius 1 is 1.43 bits per heavy atom. The third-order valence-corrected chi connectivity index (χ3v) is 3.63. The summed E-state index contributed by atoms with van der Waals surface area (Å²) in [5.41, 5.74) is 0.634. The first-order chi connectivity index (χ1) is 9.66. The van der Waals surface area contributed by atoms with Crippen LogP contribution in [0.1, 0.15) is 43.1 Å². The van der Waals surface area contributed by atoms with E-state index in [1.165, 1.54) is 6.07 Å². The van der Waals surface area contributed by atoms with Gasteiger partial charge in [0.25, 0.3) is 11.6 Å². The maximum Gasteiger partial charge on any atom is 0.273 e. The minimum atomic E-state index is -0.480. The molecule has 0 saturated carbocycles. The highest BCUT2D eigenvalue weighted by atomic mass is 35.5. The van der Waals surface area contributed by atoms with Gasteiger partial charge in [0.05, 0.1) is 4.92 Å². The molecule has 0 radical (unpaired) electrons. The molecule has 5 nitrogen and oxygen atoms in total. The number of nitrogens with one attached hydrogen (secondary N) is 1. The van der Waals surface area contributed by atoms with Crippen molar-refractivity contribution in [1.29, 1.82) is 0 Å². The zero-order valence-electron chi connectivity index (χ0n) is 12.8. The van der Waals surface area contributed by atoms with Crippen molar-refractivity contribution in [3.8, 4) is 0 Å². The Bertz CT molecular complexity index is 538. The van der Waals surface area contributed by atoms with Crippen molar-refractivity contribution in [2.45, 2.75) is 40.2 Å². The first-order valence-electron chi connectivity index (χ1n) is 6.78. The number of amides is 1. The summed E-state index contributed by atoms with van der Waals surface area (Å²) in [5, 5.41) is 13.9. The zero-order chi connectivity index (χ0) is 16.2. The fraction of sp³-hybridized carbons (Fsp3) is 0.533. The van der Waals surface area contributed by atoms with Crippen molar-refractivity contribution < 1.29 is 9.72 Å². The molecule has 0 heterocycles. The number of halogens is 1. The summed E-state index contributed by atoms with van der Waals surface area (Å²) in [6.07, 6.45) is 0.644. The van der Waals surface area contributed by atoms with Crippen LogP contribution in [0.25, 0.3) is 0 Å². The van der Waals surface area contributed by atoms with Gasteiger partial charge in [-0.3, -0.25) is 14.9 Å². The predicted molar refractivity (Wildman–Crippen MR) is 83.9 cm³/mol. The topological polar surface area (TPSA) is 72.2 Å². The lowest BCUT2D eigenvalue weighted by atomic mass is 9.85. The SMILES string of the molecule is Cc1ccc(C(=O)NC(CCCl)C(C)(C)C)cc1[N+](=O)[O-]. The maximum absolute atomic E-state index is 12.3. The van der Waals surface area contributed by atoms with E-state index in [2.05, 4.69) is 5.32 Å². The number of aryl methyl sites for hydroxylation is 1. The van der Waals surface area contributed by atoms with Gasteiger partial charge < -0.3 is 5.32 Å². The van der Waals surface area contributed by atoms with Gasteiger partial charge in [0.15, 0.2) is 0 Å².